The number of ketones is 1. The fraction of sp³-hybridized carbons (Fsp3) is 0.235. The minimum Gasteiger partial charge on any atom is -0.496 e. The van der Waals surface area contributed by atoms with Crippen LogP contribution in [-0.2, 0) is 6.42 Å². The van der Waals surface area contributed by atoms with E-state index in [1.54, 1.807) is 13.2 Å². The van der Waals surface area contributed by atoms with Gasteiger partial charge in [-0.1, -0.05) is 29.8 Å². The van der Waals surface area contributed by atoms with Crippen molar-refractivity contribution < 1.29 is 9.53 Å². The van der Waals surface area contributed by atoms with Gasteiger partial charge in [0.05, 0.1) is 7.11 Å². The normalized spacial score (nSPS) is 10.4. The minimum absolute atomic E-state index is 0.0707. The number of hydrogen-bond acceptors (Lipinski definition) is 2. The maximum absolute atomic E-state index is 12.4. The molecular formula is C17H17ClO2. The molecular weight excluding hydrogens is 272 g/mol. The summed E-state index contributed by atoms with van der Waals surface area (Å²) in [6.45, 7) is 3.85. The highest BCUT2D eigenvalue weighted by Crippen LogP contribution is 2.24. The van der Waals surface area contributed by atoms with Crippen molar-refractivity contribution in [2.45, 2.75) is 20.3 Å². The van der Waals surface area contributed by atoms with Crippen molar-refractivity contribution in [3.05, 3.63) is 63.7 Å². The molecule has 0 radical (unpaired) electrons. The summed E-state index contributed by atoms with van der Waals surface area (Å²) >= 11 is 6.10. The first-order valence-corrected chi connectivity index (χ1v) is 6.82. The molecule has 0 aromatic heterocycles. The van der Waals surface area contributed by atoms with E-state index in [0.717, 1.165) is 28.0 Å². The maximum atomic E-state index is 12.4. The lowest BCUT2D eigenvalue weighted by atomic mass is 9.97. The van der Waals surface area contributed by atoms with Crippen LogP contribution in [0.3, 0.4) is 0 Å². The van der Waals surface area contributed by atoms with Crippen LogP contribution in [0.15, 0.2) is 36.4 Å². The number of aryl methyl sites for hydroxylation is 2. The number of methoxy groups -OCH3 is 1. The highest BCUT2D eigenvalue weighted by Gasteiger charge is 2.14. The third-order valence-electron chi connectivity index (χ3n) is 3.35. The van der Waals surface area contributed by atoms with Crippen molar-refractivity contribution >= 4 is 17.4 Å². The van der Waals surface area contributed by atoms with Crippen LogP contribution in [0.1, 0.15) is 27.0 Å². The zero-order valence-corrected chi connectivity index (χ0v) is 12.6. The molecule has 0 atom stereocenters. The van der Waals surface area contributed by atoms with Gasteiger partial charge in [-0.2, -0.15) is 0 Å². The third-order valence-corrected chi connectivity index (χ3v) is 3.72. The molecule has 2 aromatic carbocycles. The monoisotopic (exact) mass is 288 g/mol. The molecule has 2 nitrogen and oxygen atoms in total. The van der Waals surface area contributed by atoms with Crippen LogP contribution < -0.4 is 4.74 Å². The predicted molar refractivity (Wildman–Crippen MR) is 82.0 cm³/mol. The van der Waals surface area contributed by atoms with Crippen molar-refractivity contribution in [2.75, 3.05) is 7.11 Å². The Hall–Kier alpha value is -1.80. The summed E-state index contributed by atoms with van der Waals surface area (Å²) in [5.74, 6) is 0.873. The summed E-state index contributed by atoms with van der Waals surface area (Å²) in [6.07, 6.45) is 0.312. The molecule has 0 N–H and O–H groups in total. The summed E-state index contributed by atoms with van der Waals surface area (Å²) in [5, 5.41) is 0.628. The van der Waals surface area contributed by atoms with Crippen LogP contribution in [0.25, 0.3) is 0 Å². The summed E-state index contributed by atoms with van der Waals surface area (Å²) < 4.78 is 5.27. The Kier molecular flexibility index (Phi) is 4.46. The van der Waals surface area contributed by atoms with Crippen LogP contribution in [0.2, 0.25) is 5.02 Å². The number of carbonyl (C=O) groups excluding carboxylic acids is 1. The van der Waals surface area contributed by atoms with Crippen molar-refractivity contribution in [1.29, 1.82) is 0 Å². The molecule has 3 heteroatoms. The van der Waals surface area contributed by atoms with Gasteiger partial charge in [-0.25, -0.2) is 0 Å². The van der Waals surface area contributed by atoms with E-state index in [1.165, 1.54) is 0 Å². The Bertz CT molecular complexity index is 647. The lowest BCUT2D eigenvalue weighted by molar-refractivity contribution is 0.0992. The zero-order chi connectivity index (χ0) is 14.7. The lowest BCUT2D eigenvalue weighted by Gasteiger charge is -2.11. The molecule has 0 aliphatic heterocycles. The lowest BCUT2D eigenvalue weighted by Crippen LogP contribution is -2.07. The summed E-state index contributed by atoms with van der Waals surface area (Å²) in [5.41, 5.74) is 3.46. The van der Waals surface area contributed by atoms with E-state index in [0.29, 0.717) is 11.4 Å². The van der Waals surface area contributed by atoms with Gasteiger partial charge in [0.2, 0.25) is 0 Å². The Labute approximate surface area is 124 Å². The van der Waals surface area contributed by atoms with Gasteiger partial charge >= 0.3 is 0 Å². The summed E-state index contributed by atoms with van der Waals surface area (Å²) in [4.78, 5) is 12.4. The number of halogens is 1. The third kappa shape index (κ3) is 3.02. The average Bonchev–Trinajstić information content (AvgIpc) is 2.43. The highest BCUT2D eigenvalue weighted by atomic mass is 35.5. The molecule has 2 aromatic rings. The molecule has 0 saturated carbocycles. The van der Waals surface area contributed by atoms with E-state index in [1.807, 2.05) is 44.2 Å². The molecule has 0 unspecified atom stereocenters. The molecule has 0 bridgehead atoms. The van der Waals surface area contributed by atoms with E-state index < -0.39 is 0 Å². The molecule has 20 heavy (non-hydrogen) atoms. The first-order valence-electron chi connectivity index (χ1n) is 6.44. The quantitative estimate of drug-likeness (QED) is 0.780. The minimum atomic E-state index is 0.0707. The van der Waals surface area contributed by atoms with Gasteiger partial charge in [-0.3, -0.25) is 4.79 Å². The summed E-state index contributed by atoms with van der Waals surface area (Å²) in [7, 11) is 1.63. The molecule has 0 amide bonds. The van der Waals surface area contributed by atoms with E-state index in [-0.39, 0.29) is 5.78 Å². The van der Waals surface area contributed by atoms with Gasteiger partial charge in [-0.15, -0.1) is 0 Å². The second kappa shape index (κ2) is 6.10. The molecule has 0 saturated heterocycles. The fourth-order valence-electron chi connectivity index (χ4n) is 2.22. The van der Waals surface area contributed by atoms with Gasteiger partial charge in [0.1, 0.15) is 5.75 Å². The Balaban J connectivity index is 2.30. The van der Waals surface area contributed by atoms with Crippen molar-refractivity contribution in [1.82, 2.24) is 0 Å². The Morgan fingerprint density at radius 2 is 1.85 bits per heavy atom. The van der Waals surface area contributed by atoms with Crippen LogP contribution in [0, 0.1) is 13.8 Å². The molecule has 0 fully saturated rings. The fourth-order valence-corrected chi connectivity index (χ4v) is 2.42. The second-order valence-corrected chi connectivity index (χ2v) is 5.24. The van der Waals surface area contributed by atoms with Crippen molar-refractivity contribution in [3.63, 3.8) is 0 Å². The Morgan fingerprint density at radius 1 is 1.15 bits per heavy atom. The van der Waals surface area contributed by atoms with E-state index in [9.17, 15) is 4.79 Å². The number of rotatable bonds is 4. The smallest absolute Gasteiger partial charge is 0.167 e. The van der Waals surface area contributed by atoms with Gasteiger partial charge in [-0.05, 0) is 48.7 Å². The van der Waals surface area contributed by atoms with E-state index in [4.69, 9.17) is 16.3 Å². The highest BCUT2D eigenvalue weighted by molar-refractivity contribution is 6.31. The van der Waals surface area contributed by atoms with Crippen LogP contribution >= 0.6 is 11.6 Å². The van der Waals surface area contributed by atoms with Gasteiger partial charge in [0.25, 0.3) is 0 Å². The first-order chi connectivity index (χ1) is 9.52. The number of carbonyl (C=O) groups is 1. The Morgan fingerprint density at radius 3 is 2.50 bits per heavy atom. The molecule has 0 spiro atoms. The largest absolute Gasteiger partial charge is 0.496 e. The number of Topliss-reactive ketones (excluding diaryl/α,β-unsaturated/α-hetero) is 1. The topological polar surface area (TPSA) is 26.3 Å². The molecule has 0 aliphatic rings. The maximum Gasteiger partial charge on any atom is 0.167 e. The predicted octanol–water partition coefficient (Wildman–Crippen LogP) is 4.39. The molecule has 0 aliphatic carbocycles. The molecule has 0 heterocycles. The van der Waals surface area contributed by atoms with Crippen molar-refractivity contribution in [2.24, 2.45) is 0 Å². The standard InChI is InChI=1S/C17H17ClO2/c1-11-9-17(20-3)12(2)8-14(11)16(19)10-13-6-4-5-7-15(13)18/h4-9H,10H2,1-3H3. The van der Waals surface area contributed by atoms with Gasteiger partial charge in [0.15, 0.2) is 5.78 Å². The molecule has 104 valence electrons. The SMILES string of the molecule is COc1cc(C)c(C(=O)Cc2ccccc2Cl)cc1C. The first kappa shape index (κ1) is 14.6. The van der Waals surface area contributed by atoms with Gasteiger partial charge in [0, 0.05) is 17.0 Å². The number of ether oxygens (including phenoxy) is 1. The van der Waals surface area contributed by atoms with E-state index in [2.05, 4.69) is 0 Å². The zero-order valence-electron chi connectivity index (χ0n) is 11.9. The molecule has 2 rings (SSSR count). The van der Waals surface area contributed by atoms with Gasteiger partial charge < -0.3 is 4.74 Å². The van der Waals surface area contributed by atoms with Crippen molar-refractivity contribution in [3.8, 4) is 5.75 Å². The summed E-state index contributed by atoms with van der Waals surface area (Å²) in [6, 6.07) is 11.2. The second-order valence-electron chi connectivity index (χ2n) is 4.83. The van der Waals surface area contributed by atoms with Crippen LogP contribution in [0.4, 0.5) is 0 Å². The van der Waals surface area contributed by atoms with Crippen LogP contribution in [0.5, 0.6) is 5.75 Å². The van der Waals surface area contributed by atoms with E-state index >= 15 is 0 Å². The van der Waals surface area contributed by atoms with Crippen LogP contribution in [-0.4, -0.2) is 12.9 Å². The number of hydrogen-bond donors (Lipinski definition) is 0. The number of benzene rings is 2. The average molecular weight is 289 g/mol.